The van der Waals surface area contributed by atoms with Crippen LogP contribution in [0.15, 0.2) is 0 Å². The second-order valence-corrected chi connectivity index (χ2v) is 5.26. The Kier molecular flexibility index (Phi) is 4.04. The first-order valence-corrected chi connectivity index (χ1v) is 6.49. The molecule has 20 heavy (non-hydrogen) atoms. The predicted molar refractivity (Wildman–Crippen MR) is 67.8 cm³/mol. The number of nitrogens with zero attached hydrogens (tertiary/aromatic N) is 1. The minimum atomic E-state index is -0.713. The van der Waals surface area contributed by atoms with Gasteiger partial charge in [-0.2, -0.15) is 0 Å². The van der Waals surface area contributed by atoms with Crippen LogP contribution in [0.5, 0.6) is 0 Å². The largest absolute Gasteiger partial charge is 0.463 e. The van der Waals surface area contributed by atoms with E-state index in [4.69, 9.17) is 18.9 Å². The molecule has 1 saturated heterocycles. The molecule has 0 bridgehead atoms. The summed E-state index contributed by atoms with van der Waals surface area (Å²) < 4.78 is 21.7. The van der Waals surface area contributed by atoms with Crippen molar-refractivity contribution in [3.05, 3.63) is 0 Å². The Labute approximate surface area is 118 Å². The van der Waals surface area contributed by atoms with Gasteiger partial charge in [0.15, 0.2) is 6.29 Å². The summed E-state index contributed by atoms with van der Waals surface area (Å²) in [4.78, 5) is 24.2. The van der Waals surface area contributed by atoms with Gasteiger partial charge in [-0.05, 0) is 0 Å². The molecule has 7 nitrogen and oxygen atoms in total. The topological polar surface area (TPSA) is 74.3 Å². The van der Waals surface area contributed by atoms with Crippen molar-refractivity contribution < 1.29 is 28.5 Å². The van der Waals surface area contributed by atoms with Gasteiger partial charge in [0.1, 0.15) is 12.2 Å². The molecule has 5 atom stereocenters. The third kappa shape index (κ3) is 2.19. The summed E-state index contributed by atoms with van der Waals surface area (Å²) >= 11 is 0. The van der Waals surface area contributed by atoms with Crippen molar-refractivity contribution in [3.63, 3.8) is 0 Å². The SMILES string of the molecule is COC1OC2(COC(C)=O)C(OC)C2C1N(C)C(C)=O. The van der Waals surface area contributed by atoms with Gasteiger partial charge in [0.2, 0.25) is 5.91 Å². The van der Waals surface area contributed by atoms with Crippen LogP contribution in [0.2, 0.25) is 0 Å². The molecule has 1 aliphatic carbocycles. The number of esters is 1. The van der Waals surface area contributed by atoms with Gasteiger partial charge in [-0.15, -0.1) is 0 Å². The average molecular weight is 287 g/mol. The van der Waals surface area contributed by atoms with Gasteiger partial charge in [0.25, 0.3) is 0 Å². The second-order valence-electron chi connectivity index (χ2n) is 5.26. The number of hydrogen-bond acceptors (Lipinski definition) is 6. The Hall–Kier alpha value is -1.18. The van der Waals surface area contributed by atoms with E-state index in [9.17, 15) is 9.59 Å². The molecule has 1 saturated carbocycles. The second kappa shape index (κ2) is 5.31. The maximum Gasteiger partial charge on any atom is 0.302 e. The first-order chi connectivity index (χ1) is 9.39. The molecule has 1 amide bonds. The van der Waals surface area contributed by atoms with Crippen molar-refractivity contribution >= 4 is 11.9 Å². The number of methoxy groups -OCH3 is 2. The van der Waals surface area contributed by atoms with Gasteiger partial charge in [-0.1, -0.05) is 0 Å². The molecule has 0 radical (unpaired) electrons. The zero-order chi connectivity index (χ0) is 15.1. The molecule has 0 aromatic rings. The van der Waals surface area contributed by atoms with Crippen LogP contribution in [0, 0.1) is 5.92 Å². The molecular formula is C13H21NO6. The Balaban J connectivity index is 2.19. The van der Waals surface area contributed by atoms with E-state index in [2.05, 4.69) is 0 Å². The molecule has 2 rings (SSSR count). The summed E-state index contributed by atoms with van der Waals surface area (Å²) in [5.74, 6) is -0.516. The molecule has 0 aromatic heterocycles. The summed E-state index contributed by atoms with van der Waals surface area (Å²) in [5, 5.41) is 0. The van der Waals surface area contributed by atoms with Gasteiger partial charge in [-0.3, -0.25) is 9.59 Å². The highest BCUT2D eigenvalue weighted by atomic mass is 16.7. The van der Waals surface area contributed by atoms with Crippen molar-refractivity contribution in [3.8, 4) is 0 Å². The third-order valence-corrected chi connectivity index (χ3v) is 4.18. The summed E-state index contributed by atoms with van der Waals surface area (Å²) in [6, 6.07) is -0.252. The van der Waals surface area contributed by atoms with Crippen molar-refractivity contribution in [1.29, 1.82) is 0 Å². The van der Waals surface area contributed by atoms with E-state index in [1.165, 1.54) is 21.0 Å². The van der Waals surface area contributed by atoms with Crippen LogP contribution in [0.1, 0.15) is 13.8 Å². The van der Waals surface area contributed by atoms with E-state index in [0.717, 1.165) is 0 Å². The smallest absolute Gasteiger partial charge is 0.302 e. The lowest BCUT2D eigenvalue weighted by Gasteiger charge is -2.30. The summed E-state index contributed by atoms with van der Waals surface area (Å²) in [6.07, 6.45) is -0.754. The monoisotopic (exact) mass is 287 g/mol. The van der Waals surface area contributed by atoms with Gasteiger partial charge in [0, 0.05) is 41.0 Å². The van der Waals surface area contributed by atoms with Gasteiger partial charge >= 0.3 is 5.97 Å². The standard InChI is InChI=1S/C13H21NO6/c1-7(15)14(3)10-9-11(17-4)13(9,6-19-8(2)16)20-12(10)18-5/h9-12H,6H2,1-5H3. The molecule has 7 heteroatoms. The zero-order valence-electron chi connectivity index (χ0n) is 12.4. The Morgan fingerprint density at radius 1 is 1.25 bits per heavy atom. The Morgan fingerprint density at radius 2 is 1.90 bits per heavy atom. The van der Waals surface area contributed by atoms with E-state index in [1.54, 1.807) is 19.1 Å². The number of fused-ring (bicyclic) bond motifs is 1. The van der Waals surface area contributed by atoms with Crippen LogP contribution >= 0.6 is 0 Å². The van der Waals surface area contributed by atoms with Crippen LogP contribution in [-0.4, -0.2) is 68.7 Å². The van der Waals surface area contributed by atoms with E-state index in [0.29, 0.717) is 0 Å². The normalized spacial score (nSPS) is 38.2. The Bertz CT molecular complexity index is 414. The molecule has 5 unspecified atom stereocenters. The van der Waals surface area contributed by atoms with Gasteiger partial charge in [0.05, 0.1) is 12.1 Å². The molecule has 114 valence electrons. The van der Waals surface area contributed by atoms with Crippen LogP contribution in [0.4, 0.5) is 0 Å². The van der Waals surface area contributed by atoms with E-state index in [-0.39, 0.29) is 36.5 Å². The zero-order valence-corrected chi connectivity index (χ0v) is 12.4. The fraction of sp³-hybridized carbons (Fsp3) is 0.846. The van der Waals surface area contributed by atoms with Crippen molar-refractivity contribution in [1.82, 2.24) is 4.90 Å². The highest BCUT2D eigenvalue weighted by Gasteiger charge is 2.78. The van der Waals surface area contributed by atoms with Crippen LogP contribution in [0.3, 0.4) is 0 Å². The quantitative estimate of drug-likeness (QED) is 0.651. The minimum Gasteiger partial charge on any atom is -0.463 e. The number of carbonyl (C=O) groups is 2. The first-order valence-electron chi connectivity index (χ1n) is 6.49. The van der Waals surface area contributed by atoms with E-state index in [1.807, 2.05) is 0 Å². The number of amides is 1. The van der Waals surface area contributed by atoms with Crippen LogP contribution in [-0.2, 0) is 28.5 Å². The number of hydrogen-bond donors (Lipinski definition) is 0. The van der Waals surface area contributed by atoms with E-state index < -0.39 is 11.9 Å². The maximum atomic E-state index is 11.6. The molecule has 0 N–H and O–H groups in total. The van der Waals surface area contributed by atoms with E-state index >= 15 is 0 Å². The molecule has 1 aliphatic heterocycles. The van der Waals surface area contributed by atoms with Crippen molar-refractivity contribution in [2.24, 2.45) is 5.92 Å². The number of rotatable bonds is 5. The molecule has 0 aromatic carbocycles. The maximum absolute atomic E-state index is 11.6. The molecular weight excluding hydrogens is 266 g/mol. The van der Waals surface area contributed by atoms with Gasteiger partial charge < -0.3 is 23.8 Å². The number of ether oxygens (including phenoxy) is 4. The number of likely N-dealkylation sites (N-methyl/N-ethyl adjacent to an activating group) is 1. The molecule has 2 fully saturated rings. The van der Waals surface area contributed by atoms with Crippen molar-refractivity contribution in [2.45, 2.75) is 37.9 Å². The summed E-state index contributed by atoms with van der Waals surface area (Å²) in [5.41, 5.74) is -0.713. The van der Waals surface area contributed by atoms with Crippen molar-refractivity contribution in [2.75, 3.05) is 27.9 Å². The molecule has 0 spiro atoms. The summed E-state index contributed by atoms with van der Waals surface area (Å²) in [6.45, 7) is 2.94. The number of carbonyl (C=O) groups excluding carboxylic acids is 2. The molecule has 2 aliphatic rings. The Morgan fingerprint density at radius 3 is 2.35 bits per heavy atom. The van der Waals surface area contributed by atoms with Gasteiger partial charge in [-0.25, -0.2) is 0 Å². The first kappa shape index (κ1) is 15.2. The highest BCUT2D eigenvalue weighted by molar-refractivity contribution is 5.73. The summed E-state index contributed by atoms with van der Waals surface area (Å²) in [7, 11) is 4.81. The minimum absolute atomic E-state index is 0.0642. The predicted octanol–water partition coefficient (Wildman–Crippen LogP) is -0.217. The molecule has 1 heterocycles. The lowest BCUT2D eigenvalue weighted by Crippen LogP contribution is -2.46. The van der Waals surface area contributed by atoms with Crippen LogP contribution < -0.4 is 0 Å². The highest BCUT2D eigenvalue weighted by Crippen LogP contribution is 2.59. The fourth-order valence-corrected chi connectivity index (χ4v) is 3.07. The van der Waals surface area contributed by atoms with Crippen LogP contribution in [0.25, 0.3) is 0 Å². The lowest BCUT2D eigenvalue weighted by atomic mass is 10.1. The fourth-order valence-electron chi connectivity index (χ4n) is 3.07. The average Bonchev–Trinajstić information content (AvgIpc) is 2.89. The lowest BCUT2D eigenvalue weighted by molar-refractivity contribution is -0.192. The third-order valence-electron chi connectivity index (χ3n) is 4.18.